The Balaban J connectivity index is 1.69. The van der Waals surface area contributed by atoms with E-state index in [4.69, 9.17) is 30.8 Å². The molecule has 0 spiro atoms. The van der Waals surface area contributed by atoms with Crippen molar-refractivity contribution in [3.8, 4) is 0 Å². The summed E-state index contributed by atoms with van der Waals surface area (Å²) >= 11 is 6.28. The summed E-state index contributed by atoms with van der Waals surface area (Å²) < 4.78 is 18.6. The maximum absolute atomic E-state index is 11.0. The highest BCUT2D eigenvalue weighted by molar-refractivity contribution is 6.28. The lowest BCUT2D eigenvalue weighted by atomic mass is 10.0. The summed E-state index contributed by atoms with van der Waals surface area (Å²) in [5.74, 6) is 1.19. The zero-order valence-electron chi connectivity index (χ0n) is 14.9. The van der Waals surface area contributed by atoms with Crippen LogP contribution in [0.4, 0.5) is 5.82 Å². The van der Waals surface area contributed by atoms with Gasteiger partial charge in [0, 0.05) is 19.7 Å². The molecule has 1 unspecified atom stereocenters. The fraction of sp³-hybridized carbons (Fsp3) is 0.706. The molecule has 5 heterocycles. The molecule has 2 aromatic heterocycles. The number of rotatable bonds is 3. The number of nitrogens with zero attached hydrogens (tertiary/aromatic N) is 5. The number of morpholine rings is 1. The predicted molar refractivity (Wildman–Crippen MR) is 96.9 cm³/mol. The van der Waals surface area contributed by atoms with E-state index in [9.17, 15) is 5.11 Å². The second-order valence-corrected chi connectivity index (χ2v) is 7.58. The SMILES string of the molecule is OC1(c2nc3c(N4CCOCC4)nc(Cl)nc3n2C2CCCCO2)COC1. The minimum atomic E-state index is -1.14. The van der Waals surface area contributed by atoms with Gasteiger partial charge in [-0.15, -0.1) is 0 Å². The van der Waals surface area contributed by atoms with Crippen LogP contribution in [0.15, 0.2) is 0 Å². The molecule has 9 nitrogen and oxygen atoms in total. The summed E-state index contributed by atoms with van der Waals surface area (Å²) in [6.07, 6.45) is 2.69. The van der Waals surface area contributed by atoms with Gasteiger partial charge >= 0.3 is 0 Å². The maximum Gasteiger partial charge on any atom is 0.226 e. The quantitative estimate of drug-likeness (QED) is 0.775. The van der Waals surface area contributed by atoms with Crippen LogP contribution in [0.5, 0.6) is 0 Å². The Morgan fingerprint density at radius 3 is 2.52 bits per heavy atom. The van der Waals surface area contributed by atoms with Crippen molar-refractivity contribution in [1.82, 2.24) is 19.5 Å². The van der Waals surface area contributed by atoms with E-state index < -0.39 is 5.60 Å². The average molecular weight is 396 g/mol. The van der Waals surface area contributed by atoms with E-state index in [1.807, 2.05) is 4.57 Å². The lowest BCUT2D eigenvalue weighted by molar-refractivity contribution is -0.193. The monoisotopic (exact) mass is 395 g/mol. The summed E-state index contributed by atoms with van der Waals surface area (Å²) in [6, 6.07) is 0. The van der Waals surface area contributed by atoms with Gasteiger partial charge in [0.25, 0.3) is 0 Å². The standard InChI is InChI=1S/C17H22ClN5O4/c18-16-20-13(22-4-7-25-8-5-22)12-14(21-16)23(11-3-1-2-6-27-11)15(19-12)17(24)9-26-10-17/h11,24H,1-10H2. The van der Waals surface area contributed by atoms with Crippen molar-refractivity contribution in [2.45, 2.75) is 31.1 Å². The number of aromatic nitrogens is 4. The molecule has 3 aliphatic heterocycles. The molecule has 10 heteroatoms. The van der Waals surface area contributed by atoms with E-state index in [1.165, 1.54) is 0 Å². The third-order valence-electron chi connectivity index (χ3n) is 5.35. The molecular weight excluding hydrogens is 374 g/mol. The smallest absolute Gasteiger partial charge is 0.226 e. The van der Waals surface area contributed by atoms with Gasteiger partial charge in [0.1, 0.15) is 12.1 Å². The molecule has 0 aromatic carbocycles. The van der Waals surface area contributed by atoms with E-state index in [1.54, 1.807) is 0 Å². The van der Waals surface area contributed by atoms with Gasteiger partial charge in [-0.2, -0.15) is 9.97 Å². The summed E-state index contributed by atoms with van der Waals surface area (Å²) in [5, 5.41) is 11.1. The number of halogens is 1. The van der Waals surface area contributed by atoms with Gasteiger partial charge in [0.15, 0.2) is 22.6 Å². The van der Waals surface area contributed by atoms with Gasteiger partial charge in [-0.3, -0.25) is 4.57 Å². The minimum Gasteiger partial charge on any atom is -0.378 e. The predicted octanol–water partition coefficient (Wildman–Crippen LogP) is 1.23. The molecule has 1 atom stereocenters. The van der Waals surface area contributed by atoms with E-state index in [0.717, 1.165) is 19.3 Å². The first-order valence-electron chi connectivity index (χ1n) is 9.36. The van der Waals surface area contributed by atoms with Crippen molar-refractivity contribution >= 4 is 28.6 Å². The van der Waals surface area contributed by atoms with Gasteiger partial charge in [0.2, 0.25) is 5.28 Å². The van der Waals surface area contributed by atoms with Gasteiger partial charge in [-0.1, -0.05) is 0 Å². The third-order valence-corrected chi connectivity index (χ3v) is 5.52. The molecule has 1 N–H and O–H groups in total. The number of imidazole rings is 1. The molecular formula is C17H22ClN5O4. The normalized spacial score (nSPS) is 25.6. The van der Waals surface area contributed by atoms with Crippen molar-refractivity contribution in [3.63, 3.8) is 0 Å². The molecule has 0 radical (unpaired) electrons. The van der Waals surface area contributed by atoms with Crippen LogP contribution in [-0.2, 0) is 19.8 Å². The summed E-state index contributed by atoms with van der Waals surface area (Å²) in [6.45, 7) is 3.75. The van der Waals surface area contributed by atoms with Crippen LogP contribution in [0.2, 0.25) is 5.28 Å². The van der Waals surface area contributed by atoms with Crippen molar-refractivity contribution < 1.29 is 19.3 Å². The highest BCUT2D eigenvalue weighted by Gasteiger charge is 2.45. The van der Waals surface area contributed by atoms with E-state index in [0.29, 0.717) is 55.7 Å². The maximum atomic E-state index is 11.0. The molecule has 146 valence electrons. The Kier molecular flexibility index (Phi) is 4.44. The molecule has 0 amide bonds. The molecule has 2 aromatic rings. The lowest BCUT2D eigenvalue weighted by Gasteiger charge is -2.37. The Hall–Kier alpha value is -1.52. The van der Waals surface area contributed by atoms with E-state index >= 15 is 0 Å². The topological polar surface area (TPSA) is 94.8 Å². The van der Waals surface area contributed by atoms with E-state index in [-0.39, 0.29) is 24.7 Å². The minimum absolute atomic E-state index is 0.157. The Bertz CT molecular complexity index is 843. The number of hydrogen-bond acceptors (Lipinski definition) is 8. The number of ether oxygens (including phenoxy) is 3. The second kappa shape index (κ2) is 6.82. The van der Waals surface area contributed by atoms with Gasteiger partial charge in [-0.05, 0) is 30.9 Å². The van der Waals surface area contributed by atoms with Crippen LogP contribution in [0.25, 0.3) is 11.2 Å². The molecule has 27 heavy (non-hydrogen) atoms. The Morgan fingerprint density at radius 2 is 1.85 bits per heavy atom. The first kappa shape index (κ1) is 17.6. The number of aliphatic hydroxyl groups is 1. The van der Waals surface area contributed by atoms with Crippen molar-refractivity contribution in [3.05, 3.63) is 11.1 Å². The Labute approximate surface area is 161 Å². The number of anilines is 1. The average Bonchev–Trinajstić information content (AvgIpc) is 3.06. The van der Waals surface area contributed by atoms with Crippen molar-refractivity contribution in [1.29, 1.82) is 0 Å². The molecule has 0 aliphatic carbocycles. The largest absolute Gasteiger partial charge is 0.378 e. The second-order valence-electron chi connectivity index (χ2n) is 7.24. The Morgan fingerprint density at radius 1 is 1.04 bits per heavy atom. The summed E-state index contributed by atoms with van der Waals surface area (Å²) in [7, 11) is 0. The molecule has 5 rings (SSSR count). The summed E-state index contributed by atoms with van der Waals surface area (Å²) in [4.78, 5) is 15.8. The van der Waals surface area contributed by atoms with Crippen LogP contribution in [0, 0.1) is 0 Å². The van der Waals surface area contributed by atoms with Crippen LogP contribution >= 0.6 is 11.6 Å². The lowest BCUT2D eigenvalue weighted by Crippen LogP contribution is -2.49. The van der Waals surface area contributed by atoms with Crippen LogP contribution in [0.1, 0.15) is 31.3 Å². The van der Waals surface area contributed by atoms with Crippen LogP contribution in [-0.4, -0.2) is 70.7 Å². The third kappa shape index (κ3) is 2.98. The number of hydrogen-bond donors (Lipinski definition) is 1. The number of fused-ring (bicyclic) bond motifs is 1. The van der Waals surface area contributed by atoms with Crippen LogP contribution < -0.4 is 4.90 Å². The zero-order chi connectivity index (χ0) is 18.4. The first-order valence-corrected chi connectivity index (χ1v) is 9.74. The fourth-order valence-electron chi connectivity index (χ4n) is 3.88. The van der Waals surface area contributed by atoms with E-state index in [2.05, 4.69) is 14.9 Å². The molecule has 3 fully saturated rings. The van der Waals surface area contributed by atoms with Crippen LogP contribution in [0.3, 0.4) is 0 Å². The van der Waals surface area contributed by atoms with Gasteiger partial charge < -0.3 is 24.2 Å². The molecule has 0 bridgehead atoms. The zero-order valence-corrected chi connectivity index (χ0v) is 15.7. The van der Waals surface area contributed by atoms with Crippen molar-refractivity contribution in [2.24, 2.45) is 0 Å². The van der Waals surface area contributed by atoms with Gasteiger partial charge in [0.05, 0.1) is 26.4 Å². The molecule has 0 saturated carbocycles. The fourth-order valence-corrected chi connectivity index (χ4v) is 4.04. The van der Waals surface area contributed by atoms with Gasteiger partial charge in [-0.25, -0.2) is 4.98 Å². The highest BCUT2D eigenvalue weighted by atomic mass is 35.5. The first-order chi connectivity index (χ1) is 13.2. The summed E-state index contributed by atoms with van der Waals surface area (Å²) in [5.41, 5.74) is 0.0838. The molecule has 3 saturated heterocycles. The highest BCUT2D eigenvalue weighted by Crippen LogP contribution is 2.38. The van der Waals surface area contributed by atoms with Crippen molar-refractivity contribution in [2.75, 3.05) is 51.0 Å². The molecule has 3 aliphatic rings.